The van der Waals surface area contributed by atoms with Gasteiger partial charge in [-0.1, -0.05) is 23.2 Å². The van der Waals surface area contributed by atoms with Crippen LogP contribution < -0.4 is 10.6 Å². The molecule has 0 unspecified atom stereocenters. The second-order valence-electron chi connectivity index (χ2n) is 7.06. The Morgan fingerprint density at radius 2 is 1.83 bits per heavy atom. The number of nitrogens with zero attached hydrogens (tertiary/aromatic N) is 3. The lowest BCUT2D eigenvalue weighted by molar-refractivity contribution is 0.102. The molecule has 0 bridgehead atoms. The average molecular weight is 437 g/mol. The molecule has 0 saturated heterocycles. The van der Waals surface area contributed by atoms with Crippen molar-refractivity contribution < 1.29 is 4.79 Å². The Kier molecular flexibility index (Phi) is 8.37. The minimum Gasteiger partial charge on any atom is -0.368 e. The third-order valence-corrected chi connectivity index (χ3v) is 4.97. The van der Waals surface area contributed by atoms with Gasteiger partial charge in [-0.3, -0.25) is 9.69 Å². The summed E-state index contributed by atoms with van der Waals surface area (Å²) < 4.78 is 0. The van der Waals surface area contributed by atoms with Crippen molar-refractivity contribution in [1.82, 2.24) is 14.9 Å². The SMILES string of the molecule is CC(C)N(CCNc1ncnc(NC(=O)c2ccc(Cl)cc2Cl)c1C=N)C(C)C. The topological polar surface area (TPSA) is 94.0 Å². The highest BCUT2D eigenvalue weighted by atomic mass is 35.5. The van der Waals surface area contributed by atoms with Crippen LogP contribution in [0.4, 0.5) is 11.6 Å². The Hall–Kier alpha value is -2.22. The molecule has 0 fully saturated rings. The lowest BCUT2D eigenvalue weighted by Gasteiger charge is -2.30. The van der Waals surface area contributed by atoms with Crippen LogP contribution in [-0.2, 0) is 0 Å². The molecular weight excluding hydrogens is 411 g/mol. The van der Waals surface area contributed by atoms with Crippen molar-refractivity contribution in [1.29, 1.82) is 5.41 Å². The van der Waals surface area contributed by atoms with Gasteiger partial charge in [0.25, 0.3) is 5.91 Å². The van der Waals surface area contributed by atoms with E-state index in [4.69, 9.17) is 28.6 Å². The van der Waals surface area contributed by atoms with E-state index in [0.29, 0.717) is 35.0 Å². The molecule has 156 valence electrons. The summed E-state index contributed by atoms with van der Waals surface area (Å²) in [5.74, 6) is 0.281. The number of aromatic nitrogens is 2. The Labute approximate surface area is 181 Å². The third kappa shape index (κ3) is 6.13. The summed E-state index contributed by atoms with van der Waals surface area (Å²) in [6.07, 6.45) is 2.46. The van der Waals surface area contributed by atoms with E-state index in [1.54, 1.807) is 6.07 Å². The van der Waals surface area contributed by atoms with E-state index in [0.717, 1.165) is 12.8 Å². The predicted molar refractivity (Wildman–Crippen MR) is 120 cm³/mol. The van der Waals surface area contributed by atoms with E-state index in [1.165, 1.54) is 18.5 Å². The fraction of sp³-hybridized carbons (Fsp3) is 0.400. The van der Waals surface area contributed by atoms with Crippen molar-refractivity contribution in [2.24, 2.45) is 0 Å². The van der Waals surface area contributed by atoms with Gasteiger partial charge in [0.1, 0.15) is 18.0 Å². The number of carbonyl (C=O) groups is 1. The first-order valence-corrected chi connectivity index (χ1v) is 10.1. The molecule has 0 aliphatic rings. The van der Waals surface area contributed by atoms with E-state index < -0.39 is 5.91 Å². The first-order chi connectivity index (χ1) is 13.7. The van der Waals surface area contributed by atoms with Crippen LogP contribution in [0, 0.1) is 5.41 Å². The third-order valence-electron chi connectivity index (χ3n) is 4.42. The van der Waals surface area contributed by atoms with Gasteiger partial charge in [0.2, 0.25) is 0 Å². The molecule has 1 heterocycles. The van der Waals surface area contributed by atoms with Crippen molar-refractivity contribution in [3.63, 3.8) is 0 Å². The van der Waals surface area contributed by atoms with Crippen LogP contribution >= 0.6 is 23.2 Å². The summed E-state index contributed by atoms with van der Waals surface area (Å²) >= 11 is 12.0. The van der Waals surface area contributed by atoms with E-state index in [9.17, 15) is 4.79 Å². The molecule has 2 rings (SSSR count). The van der Waals surface area contributed by atoms with Crippen molar-refractivity contribution >= 4 is 47.0 Å². The minimum atomic E-state index is -0.440. The fourth-order valence-electron chi connectivity index (χ4n) is 3.04. The van der Waals surface area contributed by atoms with Gasteiger partial charge in [-0.05, 0) is 45.9 Å². The van der Waals surface area contributed by atoms with E-state index in [2.05, 4.69) is 53.2 Å². The van der Waals surface area contributed by atoms with Crippen LogP contribution in [-0.4, -0.2) is 52.2 Å². The summed E-state index contributed by atoms with van der Waals surface area (Å²) in [4.78, 5) is 23.3. The van der Waals surface area contributed by atoms with Gasteiger partial charge in [0.15, 0.2) is 0 Å². The zero-order valence-electron chi connectivity index (χ0n) is 17.0. The maximum Gasteiger partial charge on any atom is 0.258 e. The highest BCUT2D eigenvalue weighted by Crippen LogP contribution is 2.23. The monoisotopic (exact) mass is 436 g/mol. The van der Waals surface area contributed by atoms with Crippen LogP contribution in [0.3, 0.4) is 0 Å². The lowest BCUT2D eigenvalue weighted by Crippen LogP contribution is -2.40. The smallest absolute Gasteiger partial charge is 0.258 e. The number of carbonyl (C=O) groups excluding carboxylic acids is 1. The molecule has 9 heteroatoms. The summed E-state index contributed by atoms with van der Waals surface area (Å²) in [6, 6.07) is 5.46. The van der Waals surface area contributed by atoms with Crippen LogP contribution in [0.2, 0.25) is 10.0 Å². The van der Waals surface area contributed by atoms with Gasteiger partial charge in [-0.15, -0.1) is 0 Å². The molecular formula is C20H26Cl2N6O. The summed E-state index contributed by atoms with van der Waals surface area (Å²) in [5.41, 5.74) is 0.663. The van der Waals surface area contributed by atoms with Gasteiger partial charge >= 0.3 is 0 Å². The number of rotatable bonds is 9. The molecule has 0 radical (unpaired) electrons. The van der Waals surface area contributed by atoms with Crippen LogP contribution in [0.5, 0.6) is 0 Å². The molecule has 0 spiro atoms. The van der Waals surface area contributed by atoms with E-state index >= 15 is 0 Å². The van der Waals surface area contributed by atoms with Crippen LogP contribution in [0.1, 0.15) is 43.6 Å². The predicted octanol–water partition coefficient (Wildman–Crippen LogP) is 4.56. The van der Waals surface area contributed by atoms with Crippen molar-refractivity contribution in [2.45, 2.75) is 39.8 Å². The van der Waals surface area contributed by atoms with Crippen molar-refractivity contribution in [2.75, 3.05) is 23.7 Å². The molecule has 29 heavy (non-hydrogen) atoms. The second-order valence-corrected chi connectivity index (χ2v) is 7.90. The molecule has 3 N–H and O–H groups in total. The van der Waals surface area contributed by atoms with E-state index in [1.807, 2.05) is 0 Å². The first-order valence-electron chi connectivity index (χ1n) is 9.36. The Balaban J connectivity index is 2.14. The molecule has 7 nitrogen and oxygen atoms in total. The Morgan fingerprint density at radius 1 is 1.17 bits per heavy atom. The summed E-state index contributed by atoms with van der Waals surface area (Å²) in [7, 11) is 0. The summed E-state index contributed by atoms with van der Waals surface area (Å²) in [6.45, 7) is 10.1. The van der Waals surface area contributed by atoms with E-state index in [-0.39, 0.29) is 16.4 Å². The normalized spacial score (nSPS) is 11.2. The zero-order chi connectivity index (χ0) is 21.6. The van der Waals surface area contributed by atoms with Crippen molar-refractivity contribution in [3.05, 3.63) is 45.7 Å². The molecule has 0 aliphatic heterocycles. The quantitative estimate of drug-likeness (QED) is 0.500. The lowest BCUT2D eigenvalue weighted by atomic mass is 10.2. The van der Waals surface area contributed by atoms with Gasteiger partial charge in [0, 0.05) is 36.4 Å². The number of amides is 1. The highest BCUT2D eigenvalue weighted by Gasteiger charge is 2.17. The highest BCUT2D eigenvalue weighted by molar-refractivity contribution is 6.37. The molecule has 1 amide bonds. The Morgan fingerprint density at radius 3 is 2.41 bits per heavy atom. The molecule has 1 aromatic heterocycles. The van der Waals surface area contributed by atoms with Gasteiger partial charge in [0.05, 0.1) is 16.1 Å². The Bertz CT molecular complexity index is 864. The molecule has 1 aromatic carbocycles. The van der Waals surface area contributed by atoms with Gasteiger partial charge < -0.3 is 16.0 Å². The first kappa shape index (κ1) is 23.1. The fourth-order valence-corrected chi connectivity index (χ4v) is 3.53. The number of benzene rings is 1. The van der Waals surface area contributed by atoms with Crippen LogP contribution in [0.15, 0.2) is 24.5 Å². The molecule has 2 aromatic rings. The van der Waals surface area contributed by atoms with Gasteiger partial charge in [-0.2, -0.15) is 0 Å². The summed E-state index contributed by atoms with van der Waals surface area (Å²) in [5, 5.41) is 14.4. The standard InChI is InChI=1S/C20H26Cl2N6O/c1-12(2)28(13(3)4)8-7-24-18-16(10-23)19(26-11-25-18)27-20(29)15-6-5-14(21)9-17(15)22/h5-6,9-13,23H,7-8H2,1-4H3,(H2,24,25,26,27,29). The molecule has 0 aliphatic carbocycles. The number of nitrogens with one attached hydrogen (secondary N) is 3. The second kappa shape index (κ2) is 10.5. The van der Waals surface area contributed by atoms with Gasteiger partial charge in [-0.25, -0.2) is 9.97 Å². The van der Waals surface area contributed by atoms with Crippen molar-refractivity contribution in [3.8, 4) is 0 Å². The average Bonchev–Trinajstić information content (AvgIpc) is 2.64. The zero-order valence-corrected chi connectivity index (χ0v) is 18.5. The number of halogens is 2. The maximum absolute atomic E-state index is 12.6. The number of hydrogen-bond acceptors (Lipinski definition) is 6. The maximum atomic E-state index is 12.6. The largest absolute Gasteiger partial charge is 0.368 e. The molecule has 0 saturated carbocycles. The minimum absolute atomic E-state index is 0.234. The molecule has 0 atom stereocenters. The number of hydrogen-bond donors (Lipinski definition) is 3. The number of anilines is 2. The van der Waals surface area contributed by atoms with Crippen LogP contribution in [0.25, 0.3) is 0 Å².